The maximum Gasteiger partial charge on any atom is 0.434 e. The molecule has 202 valence electrons. The van der Waals surface area contributed by atoms with Crippen LogP contribution in [0.3, 0.4) is 0 Å². The average Bonchev–Trinajstić information content (AvgIpc) is 3.64. The van der Waals surface area contributed by atoms with Crippen molar-refractivity contribution in [2.45, 2.75) is 12.4 Å². The summed E-state index contributed by atoms with van der Waals surface area (Å²) in [6, 6.07) is 3.04. The topological polar surface area (TPSA) is 149 Å². The zero-order chi connectivity index (χ0) is 28.4. The molecule has 5 heterocycles. The molecule has 0 saturated carbocycles. The van der Waals surface area contributed by atoms with Crippen LogP contribution in [0.15, 0.2) is 52.8 Å². The number of rotatable bonds is 4. The zero-order valence-corrected chi connectivity index (χ0v) is 19.3. The number of nitrogens with zero attached hydrogens (tertiary/aromatic N) is 8. The maximum absolute atomic E-state index is 14.3. The van der Waals surface area contributed by atoms with Gasteiger partial charge < -0.3 is 10.3 Å². The van der Waals surface area contributed by atoms with Crippen molar-refractivity contribution in [1.29, 1.82) is 0 Å². The number of benzene rings is 1. The van der Waals surface area contributed by atoms with Gasteiger partial charge in [-0.05, 0) is 18.2 Å². The summed E-state index contributed by atoms with van der Waals surface area (Å²) in [5.74, 6) is -2.10. The third kappa shape index (κ3) is 4.05. The van der Waals surface area contributed by atoms with Gasteiger partial charge in [0.2, 0.25) is 0 Å². The first-order valence-corrected chi connectivity index (χ1v) is 10.9. The standard InChI is InChI=1S/C22H10F6N10O2/c23-21(24,25)11-5-9(6-30-18(11)38-31-3-4-32-38)34-19(39)10-7-33-37(17(10)22(26,27)28)14-2-1-12-15-13(8-29-16(14)15)36-20(40)35-12/h1-8H,(H,34,39)(H,35,36,40). The van der Waals surface area contributed by atoms with Crippen molar-refractivity contribution >= 4 is 34.4 Å². The summed E-state index contributed by atoms with van der Waals surface area (Å²) >= 11 is 0. The largest absolute Gasteiger partial charge is 0.434 e. The minimum atomic E-state index is -5.13. The molecule has 6 rings (SSSR count). The monoisotopic (exact) mass is 560 g/mol. The summed E-state index contributed by atoms with van der Waals surface area (Å²) in [6.45, 7) is 0. The van der Waals surface area contributed by atoms with Gasteiger partial charge >= 0.3 is 18.0 Å². The van der Waals surface area contributed by atoms with E-state index in [2.05, 4.69) is 35.2 Å². The van der Waals surface area contributed by atoms with E-state index >= 15 is 0 Å². The molecule has 0 unspecified atom stereocenters. The first-order chi connectivity index (χ1) is 18.9. The Morgan fingerprint density at radius 1 is 0.975 bits per heavy atom. The molecule has 12 nitrogen and oxygen atoms in total. The van der Waals surface area contributed by atoms with Crippen LogP contribution in [0.5, 0.6) is 0 Å². The Kier molecular flexibility index (Phi) is 5.32. The quantitative estimate of drug-likeness (QED) is 0.314. The Labute approximate surface area is 216 Å². The van der Waals surface area contributed by atoms with Gasteiger partial charge in [-0.25, -0.2) is 14.5 Å². The summed E-state index contributed by atoms with van der Waals surface area (Å²) in [5, 5.41) is 13.2. The van der Waals surface area contributed by atoms with Crippen molar-refractivity contribution in [1.82, 2.24) is 39.7 Å². The molecule has 40 heavy (non-hydrogen) atoms. The molecule has 4 aromatic heterocycles. The number of aliphatic imine (C=N–C) groups is 1. The van der Waals surface area contributed by atoms with Crippen molar-refractivity contribution in [2.24, 2.45) is 4.99 Å². The molecule has 0 spiro atoms. The number of nitrogens with one attached hydrogen (secondary N) is 2. The van der Waals surface area contributed by atoms with Crippen LogP contribution in [-0.2, 0) is 12.4 Å². The van der Waals surface area contributed by atoms with E-state index in [9.17, 15) is 35.9 Å². The van der Waals surface area contributed by atoms with Gasteiger partial charge in [0.15, 0.2) is 11.5 Å². The minimum absolute atomic E-state index is 0.0126. The first kappa shape index (κ1) is 24.9. The molecule has 0 fully saturated rings. The summed E-state index contributed by atoms with van der Waals surface area (Å²) in [6.07, 6.45) is -5.21. The number of H-pyrrole nitrogens is 1. The van der Waals surface area contributed by atoms with Crippen molar-refractivity contribution in [3.8, 4) is 11.5 Å². The third-order valence-corrected chi connectivity index (χ3v) is 5.74. The summed E-state index contributed by atoms with van der Waals surface area (Å²) in [5.41, 5.74) is -4.81. The molecule has 5 aromatic rings. The van der Waals surface area contributed by atoms with Crippen LogP contribution < -0.4 is 11.0 Å². The molecule has 1 aromatic carbocycles. The normalized spacial score (nSPS) is 12.8. The smallest absolute Gasteiger partial charge is 0.320 e. The number of anilines is 1. The van der Waals surface area contributed by atoms with Crippen molar-refractivity contribution in [3.05, 3.63) is 76.0 Å². The Balaban J connectivity index is 1.41. The molecular weight excluding hydrogens is 550 g/mol. The van der Waals surface area contributed by atoms with E-state index in [1.54, 1.807) is 0 Å². The molecule has 0 saturated heterocycles. The second-order valence-corrected chi connectivity index (χ2v) is 8.22. The van der Waals surface area contributed by atoms with Gasteiger partial charge in [0, 0.05) is 0 Å². The van der Waals surface area contributed by atoms with Crippen molar-refractivity contribution in [2.75, 3.05) is 5.32 Å². The van der Waals surface area contributed by atoms with Gasteiger partial charge in [0.1, 0.15) is 11.3 Å². The molecule has 1 amide bonds. The van der Waals surface area contributed by atoms with Gasteiger partial charge in [-0.3, -0.25) is 9.79 Å². The van der Waals surface area contributed by atoms with Crippen LogP contribution in [0, 0.1) is 0 Å². The molecule has 0 bridgehead atoms. The lowest BCUT2D eigenvalue weighted by molar-refractivity contribution is -0.143. The minimum Gasteiger partial charge on any atom is -0.320 e. The van der Waals surface area contributed by atoms with Crippen molar-refractivity contribution in [3.63, 3.8) is 0 Å². The predicted octanol–water partition coefficient (Wildman–Crippen LogP) is 3.44. The highest BCUT2D eigenvalue weighted by molar-refractivity contribution is 6.11. The molecule has 1 aliphatic heterocycles. The third-order valence-electron chi connectivity index (χ3n) is 5.74. The number of aromatic nitrogens is 8. The number of aromatic amines is 1. The number of amides is 1. The number of halogens is 6. The molecule has 2 N–H and O–H groups in total. The number of carbonyl (C=O) groups excluding carboxylic acids is 1. The SMILES string of the molecule is O=C(Nc1cnc(-n2nccn2)c(C(F)(F)F)c1)c1cnn(-c2ccc3[nH]c(=O)nc4c3c2N=C4)c1C(F)(F)F. The summed E-state index contributed by atoms with van der Waals surface area (Å²) in [4.78, 5) is 39.1. The fraction of sp³-hybridized carbons (Fsp3) is 0.0909. The van der Waals surface area contributed by atoms with E-state index < -0.39 is 52.3 Å². The van der Waals surface area contributed by atoms with Crippen LogP contribution >= 0.6 is 0 Å². The maximum atomic E-state index is 14.3. The molecule has 0 radical (unpaired) electrons. The fourth-order valence-electron chi connectivity index (χ4n) is 4.16. The van der Waals surface area contributed by atoms with E-state index in [0.29, 0.717) is 21.7 Å². The lowest BCUT2D eigenvalue weighted by Crippen LogP contribution is -2.21. The molecule has 18 heteroatoms. The second kappa shape index (κ2) is 8.55. The van der Waals surface area contributed by atoms with Crippen LogP contribution in [0.25, 0.3) is 22.4 Å². The summed E-state index contributed by atoms with van der Waals surface area (Å²) < 4.78 is 84.3. The second-order valence-electron chi connectivity index (χ2n) is 8.22. The van der Waals surface area contributed by atoms with Crippen LogP contribution in [0.2, 0.25) is 0 Å². The van der Waals surface area contributed by atoms with Crippen LogP contribution in [0.1, 0.15) is 27.3 Å². The van der Waals surface area contributed by atoms with Gasteiger partial charge in [-0.1, -0.05) is 0 Å². The zero-order valence-electron chi connectivity index (χ0n) is 19.3. The molecular formula is C22H10F6N10O2. The lowest BCUT2D eigenvalue weighted by Gasteiger charge is -2.15. The van der Waals surface area contributed by atoms with Gasteiger partial charge in [-0.15, -0.1) is 4.80 Å². The van der Waals surface area contributed by atoms with Gasteiger partial charge in [-0.2, -0.15) is 46.6 Å². The predicted molar refractivity (Wildman–Crippen MR) is 124 cm³/mol. The van der Waals surface area contributed by atoms with Gasteiger partial charge in [0.25, 0.3) is 5.91 Å². The van der Waals surface area contributed by atoms with E-state index in [1.807, 2.05) is 5.32 Å². The highest BCUT2D eigenvalue weighted by Crippen LogP contribution is 2.40. The molecule has 0 atom stereocenters. The number of pyridine rings is 1. The Morgan fingerprint density at radius 3 is 2.42 bits per heavy atom. The highest BCUT2D eigenvalue weighted by atomic mass is 19.4. The Morgan fingerprint density at radius 2 is 1.73 bits per heavy atom. The number of carbonyl (C=O) groups is 1. The van der Waals surface area contributed by atoms with E-state index in [4.69, 9.17) is 0 Å². The number of hydrogen-bond acceptors (Lipinski definition) is 8. The first-order valence-electron chi connectivity index (χ1n) is 10.9. The van der Waals surface area contributed by atoms with Crippen molar-refractivity contribution < 1.29 is 31.1 Å². The number of alkyl halides is 6. The van der Waals surface area contributed by atoms with Crippen LogP contribution in [-0.4, -0.2) is 51.8 Å². The van der Waals surface area contributed by atoms with Gasteiger partial charge in [0.05, 0.1) is 64.5 Å². The van der Waals surface area contributed by atoms with Crippen LogP contribution in [0.4, 0.5) is 37.7 Å². The molecule has 0 aliphatic carbocycles. The van der Waals surface area contributed by atoms with E-state index in [-0.39, 0.29) is 28.0 Å². The number of hydrogen-bond donors (Lipinski definition) is 2. The fourth-order valence-corrected chi connectivity index (χ4v) is 4.16. The Hall–Kier alpha value is -5.42. The lowest BCUT2D eigenvalue weighted by atomic mass is 10.1. The average molecular weight is 560 g/mol. The van der Waals surface area contributed by atoms with E-state index in [0.717, 1.165) is 18.6 Å². The Bertz CT molecular complexity index is 1900. The molecule has 1 aliphatic rings. The van der Waals surface area contributed by atoms with E-state index in [1.165, 1.54) is 18.3 Å². The summed E-state index contributed by atoms with van der Waals surface area (Å²) in [7, 11) is 0. The highest BCUT2D eigenvalue weighted by Gasteiger charge is 2.42.